The highest BCUT2D eigenvalue weighted by atomic mass is 16.2. The van der Waals surface area contributed by atoms with E-state index in [0.29, 0.717) is 30.4 Å². The highest BCUT2D eigenvalue weighted by Gasteiger charge is 2.36. The molecule has 0 aliphatic heterocycles. The number of hydrogen-bond acceptors (Lipinski definition) is 6. The lowest BCUT2D eigenvalue weighted by Crippen LogP contribution is -2.57. The summed E-state index contributed by atoms with van der Waals surface area (Å²) in [5.41, 5.74) is 24.0. The first kappa shape index (κ1) is 34.5. The first-order valence-corrected chi connectivity index (χ1v) is 15.3. The summed E-state index contributed by atoms with van der Waals surface area (Å²) in [5, 5.41) is 16.1. The van der Waals surface area contributed by atoms with Gasteiger partial charge in [0, 0.05) is 18.7 Å². The lowest BCUT2D eigenvalue weighted by molar-refractivity contribution is -0.139. The number of guanidine groups is 1. The number of nitrogens with one attached hydrogen (secondary N) is 4. The Bertz CT molecular complexity index is 1340. The molecule has 1 aliphatic rings. The Morgan fingerprint density at radius 2 is 1.49 bits per heavy atom. The normalized spacial score (nSPS) is 15.1. The molecular weight excluding hydrogens is 574 g/mol. The fourth-order valence-electron chi connectivity index (χ4n) is 5.44. The number of nitrogens with zero attached hydrogens (tertiary/aromatic N) is 1. The highest BCUT2D eigenvalue weighted by Crippen LogP contribution is 2.27. The van der Waals surface area contributed by atoms with Crippen LogP contribution in [-0.2, 0) is 32.1 Å². The van der Waals surface area contributed by atoms with Crippen LogP contribution in [0.4, 0.5) is 0 Å². The Labute approximate surface area is 263 Å². The molecule has 13 heteroatoms. The molecule has 45 heavy (non-hydrogen) atoms. The molecule has 13 nitrogen and oxygen atoms in total. The van der Waals surface area contributed by atoms with Gasteiger partial charge in [-0.25, -0.2) is 0 Å². The number of nitrogen functional groups attached to an aromatic ring is 1. The van der Waals surface area contributed by atoms with Crippen LogP contribution >= 0.6 is 0 Å². The van der Waals surface area contributed by atoms with Gasteiger partial charge in [-0.3, -0.25) is 29.6 Å². The highest BCUT2D eigenvalue weighted by molar-refractivity contribution is 6.02. The van der Waals surface area contributed by atoms with Crippen molar-refractivity contribution in [1.29, 1.82) is 5.41 Å². The number of aliphatic imine (C=N–C) groups is 1. The minimum Gasteiger partial charge on any atom is -0.384 e. The van der Waals surface area contributed by atoms with Crippen molar-refractivity contribution in [3.8, 4) is 0 Å². The summed E-state index contributed by atoms with van der Waals surface area (Å²) in [6.45, 7) is 0.483. The van der Waals surface area contributed by atoms with E-state index in [1.54, 1.807) is 24.3 Å². The zero-order valence-corrected chi connectivity index (χ0v) is 25.5. The lowest BCUT2D eigenvalue weighted by Gasteiger charge is -2.32. The molecule has 2 aromatic carbocycles. The number of amides is 4. The molecule has 0 spiro atoms. The van der Waals surface area contributed by atoms with Crippen molar-refractivity contribution in [2.24, 2.45) is 39.8 Å². The molecular formula is C32H45N9O4. The number of carbonyl (C=O) groups excluding carboxylic acids is 4. The summed E-state index contributed by atoms with van der Waals surface area (Å²) >= 11 is 0. The topological polar surface area (TPSA) is 245 Å². The van der Waals surface area contributed by atoms with Gasteiger partial charge in [0.25, 0.3) is 0 Å². The fraction of sp³-hybridized carbons (Fsp3) is 0.438. The Kier molecular flexibility index (Phi) is 13.3. The third-order valence-corrected chi connectivity index (χ3v) is 7.95. The third kappa shape index (κ3) is 11.2. The summed E-state index contributed by atoms with van der Waals surface area (Å²) in [5.74, 6) is -3.86. The van der Waals surface area contributed by atoms with Crippen LogP contribution < -0.4 is 38.9 Å². The van der Waals surface area contributed by atoms with Crippen molar-refractivity contribution in [3.63, 3.8) is 0 Å². The fourth-order valence-corrected chi connectivity index (χ4v) is 5.44. The van der Waals surface area contributed by atoms with Gasteiger partial charge >= 0.3 is 0 Å². The van der Waals surface area contributed by atoms with E-state index in [2.05, 4.69) is 20.9 Å². The maximum atomic E-state index is 13.9. The van der Waals surface area contributed by atoms with E-state index in [0.717, 1.165) is 24.8 Å². The van der Waals surface area contributed by atoms with Gasteiger partial charge in [-0.05, 0) is 49.1 Å². The van der Waals surface area contributed by atoms with Crippen molar-refractivity contribution in [2.75, 3.05) is 6.54 Å². The molecule has 0 aromatic heterocycles. The predicted octanol–water partition coefficient (Wildman–Crippen LogP) is 0.535. The van der Waals surface area contributed by atoms with Crippen molar-refractivity contribution >= 4 is 35.4 Å². The monoisotopic (exact) mass is 619 g/mol. The van der Waals surface area contributed by atoms with Crippen molar-refractivity contribution in [3.05, 3.63) is 71.3 Å². The van der Waals surface area contributed by atoms with Gasteiger partial charge in [0.1, 0.15) is 23.8 Å². The number of hydrogen-bond donors (Lipinski definition) is 8. The number of amidine groups is 1. The number of primary amides is 1. The summed E-state index contributed by atoms with van der Waals surface area (Å²) in [6, 6.07) is 14.1. The van der Waals surface area contributed by atoms with Crippen LogP contribution in [0.5, 0.6) is 0 Å². The Hall–Kier alpha value is -4.94. The molecule has 1 fully saturated rings. The smallest absolute Gasteiger partial charge is 0.243 e. The second kappa shape index (κ2) is 17.4. The Morgan fingerprint density at radius 1 is 0.822 bits per heavy atom. The van der Waals surface area contributed by atoms with Gasteiger partial charge in [0.2, 0.25) is 23.6 Å². The van der Waals surface area contributed by atoms with Crippen molar-refractivity contribution in [1.82, 2.24) is 16.0 Å². The zero-order valence-electron chi connectivity index (χ0n) is 25.5. The molecule has 4 amide bonds. The standard InChI is InChI=1S/C32H45N9O4/c33-27(34)23-15-13-20(14-16-23)18-24(29(43)39-19-21-8-3-1-4-9-21)30(44)41-26(22-10-5-2-6-11-22)31(45)40-25(28(35)42)12-7-17-38-32(36)37/h1,3-4,8-9,13-16,22,24-26H,2,5-7,10-12,17-19H2,(H3,33,34)(H2,35,42)(H,39,43)(H,40,45)(H,41,44)(H4,36,37,38). The first-order valence-electron chi connectivity index (χ1n) is 15.3. The third-order valence-electron chi connectivity index (χ3n) is 7.95. The molecule has 0 radical (unpaired) electrons. The van der Waals surface area contributed by atoms with Crippen LogP contribution in [-0.4, -0.2) is 54.1 Å². The molecule has 3 atom stereocenters. The molecule has 0 saturated heterocycles. The van der Waals surface area contributed by atoms with E-state index >= 15 is 0 Å². The van der Waals surface area contributed by atoms with E-state index in [1.807, 2.05) is 30.3 Å². The minimum atomic E-state index is -1.16. The van der Waals surface area contributed by atoms with Gasteiger partial charge in [-0.1, -0.05) is 73.9 Å². The summed E-state index contributed by atoms with van der Waals surface area (Å²) < 4.78 is 0. The van der Waals surface area contributed by atoms with Crippen molar-refractivity contribution in [2.45, 2.75) is 70.0 Å². The van der Waals surface area contributed by atoms with Gasteiger partial charge in [-0.15, -0.1) is 0 Å². The van der Waals surface area contributed by atoms with E-state index in [-0.39, 0.29) is 43.6 Å². The molecule has 3 unspecified atom stereocenters. The molecule has 242 valence electrons. The second-order valence-electron chi connectivity index (χ2n) is 11.4. The maximum Gasteiger partial charge on any atom is 0.243 e. The quantitative estimate of drug-likeness (QED) is 0.0573. The van der Waals surface area contributed by atoms with Crippen molar-refractivity contribution < 1.29 is 19.2 Å². The van der Waals surface area contributed by atoms with Gasteiger partial charge < -0.3 is 38.9 Å². The van der Waals surface area contributed by atoms with Crippen LogP contribution in [0.2, 0.25) is 0 Å². The average Bonchev–Trinajstić information content (AvgIpc) is 3.03. The zero-order chi connectivity index (χ0) is 32.8. The number of benzene rings is 2. The SMILES string of the molecule is N=C(N)c1ccc(CC(C(=O)NCc2ccccc2)C(=O)NC(C(=O)NC(CCCN=C(N)N)C(N)=O)C2CCCCC2)cc1. The largest absolute Gasteiger partial charge is 0.384 e. The predicted molar refractivity (Wildman–Crippen MR) is 172 cm³/mol. The molecule has 2 aromatic rings. The molecule has 0 heterocycles. The molecule has 1 saturated carbocycles. The van der Waals surface area contributed by atoms with Crippen LogP contribution in [0.15, 0.2) is 59.6 Å². The minimum absolute atomic E-state index is 0.0539. The average molecular weight is 620 g/mol. The number of nitrogens with two attached hydrogens (primary N) is 4. The molecule has 0 bridgehead atoms. The summed E-state index contributed by atoms with van der Waals surface area (Å²) in [6.07, 6.45) is 4.90. The van der Waals surface area contributed by atoms with Crippen LogP contribution in [0.3, 0.4) is 0 Å². The molecule has 3 rings (SSSR count). The molecule has 1 aliphatic carbocycles. The second-order valence-corrected chi connectivity index (χ2v) is 11.4. The van der Waals surface area contributed by atoms with Crippen LogP contribution in [0.25, 0.3) is 0 Å². The van der Waals surface area contributed by atoms with E-state index < -0.39 is 41.6 Å². The summed E-state index contributed by atoms with van der Waals surface area (Å²) in [4.78, 5) is 57.2. The number of rotatable bonds is 16. The van der Waals surface area contributed by atoms with E-state index in [9.17, 15) is 19.2 Å². The summed E-state index contributed by atoms with van der Waals surface area (Å²) in [7, 11) is 0. The first-order chi connectivity index (χ1) is 21.5. The van der Waals surface area contributed by atoms with Gasteiger partial charge in [0.15, 0.2) is 5.96 Å². The van der Waals surface area contributed by atoms with E-state index in [1.165, 1.54) is 0 Å². The lowest BCUT2D eigenvalue weighted by atomic mass is 9.83. The Balaban J connectivity index is 1.81. The number of carbonyl (C=O) groups is 4. The van der Waals surface area contributed by atoms with Crippen LogP contribution in [0.1, 0.15) is 61.6 Å². The Morgan fingerprint density at radius 3 is 2.09 bits per heavy atom. The van der Waals surface area contributed by atoms with E-state index in [4.69, 9.17) is 28.3 Å². The molecule has 12 N–H and O–H groups in total. The van der Waals surface area contributed by atoms with Gasteiger partial charge in [-0.2, -0.15) is 0 Å². The van der Waals surface area contributed by atoms with Gasteiger partial charge in [0.05, 0.1) is 0 Å². The van der Waals surface area contributed by atoms with Crippen LogP contribution in [0, 0.1) is 17.2 Å². The maximum absolute atomic E-state index is 13.9.